The van der Waals surface area contributed by atoms with E-state index < -0.39 is 10.8 Å². The summed E-state index contributed by atoms with van der Waals surface area (Å²) in [4.78, 5) is 5.05. The third-order valence-electron chi connectivity index (χ3n) is 23.3. The van der Waals surface area contributed by atoms with Gasteiger partial charge in [-0.25, -0.2) is 0 Å². The molecule has 0 radical (unpaired) electrons. The van der Waals surface area contributed by atoms with Crippen molar-refractivity contribution in [1.29, 1.82) is 0 Å². The van der Waals surface area contributed by atoms with Crippen LogP contribution in [0.15, 0.2) is 336 Å². The summed E-state index contributed by atoms with van der Waals surface area (Å²) in [5.74, 6) is 0. The molecule has 2 aliphatic rings. The summed E-state index contributed by atoms with van der Waals surface area (Å²) in [6.45, 7) is 5.20. The van der Waals surface area contributed by atoms with E-state index in [4.69, 9.17) is 8.83 Å². The van der Waals surface area contributed by atoms with E-state index in [1.54, 1.807) is 0 Å². The highest BCUT2D eigenvalue weighted by Gasteiger charge is 2.59. The highest BCUT2D eigenvalue weighted by atomic mass is 16.3. The molecule has 0 aliphatic heterocycles. The molecule has 2 atom stereocenters. The van der Waals surface area contributed by atoms with Crippen molar-refractivity contribution >= 4 is 164 Å². The minimum absolute atomic E-state index is 0.787. The van der Waals surface area contributed by atoms with Crippen LogP contribution in [0.25, 0.3) is 152 Å². The molecule has 100 heavy (non-hydrogen) atoms. The van der Waals surface area contributed by atoms with Crippen LogP contribution in [0.2, 0.25) is 0 Å². The molecule has 0 amide bonds. The van der Waals surface area contributed by atoms with Gasteiger partial charge in [0, 0.05) is 54.5 Å². The molecule has 466 valence electrons. The first-order valence-corrected chi connectivity index (χ1v) is 34.8. The first-order valence-electron chi connectivity index (χ1n) is 34.8. The van der Waals surface area contributed by atoms with Crippen molar-refractivity contribution in [3.8, 4) is 22.3 Å². The van der Waals surface area contributed by atoms with E-state index >= 15 is 0 Å². The number of fused-ring (bicyclic) bond motifs is 26. The lowest BCUT2D eigenvalue weighted by Gasteiger charge is -2.46. The second kappa shape index (κ2) is 20.4. The molecule has 0 saturated carbocycles. The normalized spacial score (nSPS) is 15.6. The average Bonchev–Trinajstić information content (AvgIpc) is 1.49. The van der Waals surface area contributed by atoms with Gasteiger partial charge in [-0.15, -0.1) is 0 Å². The Morgan fingerprint density at radius 3 is 0.930 bits per heavy atom. The Kier molecular flexibility index (Phi) is 11.3. The number of anilines is 6. The van der Waals surface area contributed by atoms with Crippen molar-refractivity contribution in [2.75, 3.05) is 9.80 Å². The predicted octanol–water partition coefficient (Wildman–Crippen LogP) is 26.9. The molecule has 2 heterocycles. The molecule has 18 aromatic carbocycles. The fraction of sp³-hybridized carbons (Fsp3) is 0.0417. The van der Waals surface area contributed by atoms with Crippen molar-refractivity contribution in [3.63, 3.8) is 0 Å². The van der Waals surface area contributed by atoms with E-state index in [1.165, 1.54) is 120 Å². The van der Waals surface area contributed by atoms with Crippen LogP contribution in [0.3, 0.4) is 0 Å². The molecule has 2 unspecified atom stereocenters. The van der Waals surface area contributed by atoms with E-state index in [1.807, 2.05) is 0 Å². The second-order valence-corrected chi connectivity index (χ2v) is 28.0. The zero-order chi connectivity index (χ0) is 65.7. The molecular formula is C96H60N2O2. The molecule has 2 aromatic heterocycles. The second-order valence-electron chi connectivity index (χ2n) is 28.0. The zero-order valence-corrected chi connectivity index (χ0v) is 54.9. The molecule has 0 N–H and O–H groups in total. The van der Waals surface area contributed by atoms with Gasteiger partial charge in [-0.1, -0.05) is 281 Å². The van der Waals surface area contributed by atoms with Crippen LogP contribution in [-0.4, -0.2) is 0 Å². The summed E-state index contributed by atoms with van der Waals surface area (Å²) < 4.78 is 14.4. The maximum atomic E-state index is 7.18. The van der Waals surface area contributed by atoms with Crippen LogP contribution >= 0.6 is 0 Å². The number of hydrogen-bond donors (Lipinski definition) is 0. The van der Waals surface area contributed by atoms with Gasteiger partial charge in [-0.3, -0.25) is 0 Å². The largest absolute Gasteiger partial charge is 0.454 e. The van der Waals surface area contributed by atoms with Gasteiger partial charge >= 0.3 is 0 Å². The molecule has 20 aromatic rings. The van der Waals surface area contributed by atoms with Gasteiger partial charge in [0.15, 0.2) is 11.2 Å². The van der Waals surface area contributed by atoms with Gasteiger partial charge in [-0.05, 0) is 181 Å². The number of furan rings is 2. The van der Waals surface area contributed by atoms with Crippen molar-refractivity contribution in [3.05, 3.63) is 350 Å². The van der Waals surface area contributed by atoms with Gasteiger partial charge in [0.1, 0.15) is 11.2 Å². The zero-order valence-electron chi connectivity index (χ0n) is 54.9. The maximum Gasteiger partial charge on any atom is 0.159 e. The molecule has 0 fully saturated rings. The number of benzene rings is 18. The summed E-state index contributed by atoms with van der Waals surface area (Å²) in [5.41, 5.74) is 18.1. The third kappa shape index (κ3) is 7.38. The van der Waals surface area contributed by atoms with Crippen molar-refractivity contribution in [1.82, 2.24) is 0 Å². The quantitative estimate of drug-likeness (QED) is 0.149. The summed E-state index contributed by atoms with van der Waals surface area (Å²) in [6, 6.07) is 123. The Bertz CT molecular complexity index is 6570. The smallest absolute Gasteiger partial charge is 0.159 e. The lowest BCUT2D eigenvalue weighted by Crippen LogP contribution is -2.44. The number of hydrogen-bond acceptors (Lipinski definition) is 4. The SMILES string of the molecule is CC1(C2(C)c3ccc4ccccc4c3-c3c2cc(N(c2ccc4ccc5ccccc5c4c2)c2cccc4c2oc2ccccc24)c2ccccc32)c2ccc3ccccc3c2-c2c1cc(N(c1ccc3ccc4ccccc4c3c1)c1cccc3c1oc1ccccc13)c1ccccc21. The number of para-hydroxylation sites is 4. The minimum atomic E-state index is -0.787. The molecule has 0 bridgehead atoms. The van der Waals surface area contributed by atoms with Crippen LogP contribution in [-0.2, 0) is 10.8 Å². The molecule has 0 spiro atoms. The molecule has 4 nitrogen and oxygen atoms in total. The molecular weight excluding hydrogens is 1210 g/mol. The minimum Gasteiger partial charge on any atom is -0.454 e. The predicted molar refractivity (Wildman–Crippen MR) is 421 cm³/mol. The maximum absolute atomic E-state index is 7.18. The monoisotopic (exact) mass is 1270 g/mol. The molecule has 0 saturated heterocycles. The fourth-order valence-corrected chi connectivity index (χ4v) is 18.6. The van der Waals surface area contributed by atoms with E-state index in [-0.39, 0.29) is 0 Å². The highest BCUT2D eigenvalue weighted by molar-refractivity contribution is 6.22. The summed E-state index contributed by atoms with van der Waals surface area (Å²) in [5, 5.41) is 23.5. The van der Waals surface area contributed by atoms with E-state index in [0.717, 1.165) is 88.8 Å². The molecule has 4 heteroatoms. The number of nitrogens with zero attached hydrogens (tertiary/aromatic N) is 2. The first kappa shape index (κ1) is 55.4. The van der Waals surface area contributed by atoms with Crippen molar-refractivity contribution in [2.24, 2.45) is 0 Å². The summed E-state index contributed by atoms with van der Waals surface area (Å²) in [6.07, 6.45) is 0. The lowest BCUT2D eigenvalue weighted by atomic mass is 9.56. The van der Waals surface area contributed by atoms with E-state index in [0.29, 0.717) is 0 Å². The average molecular weight is 1270 g/mol. The van der Waals surface area contributed by atoms with Crippen LogP contribution in [0, 0.1) is 0 Å². The lowest BCUT2D eigenvalue weighted by molar-refractivity contribution is 0.376. The Balaban J connectivity index is 0.885. The van der Waals surface area contributed by atoms with Gasteiger partial charge in [0.25, 0.3) is 0 Å². The standard InChI is InChI=1S/C96H60N2O2/c1-95(79-51-47-59-23-5-9-27-67(59)89(79)91-73-33-13-11-29-69(73)85(55-81(91)95)97(83-37-19-35-75-71-31-15-17-39-87(71)99-93(75)83)63-49-45-61-43-41-57-21-3-7-25-65(57)77(61)53-63)96(2)80-52-48-60-24-6-10-28-68(60)90(80)92-74-34-14-12-30-70(74)86(56-82(92)96)98(84-38-20-36-76-72-32-16-18-40-88(72)100-94(76)84)64-50-46-62-44-42-58-22-4-8-26-66(58)78(62)54-64/h3-56H,1-2H3. The number of rotatable bonds is 7. The van der Waals surface area contributed by atoms with Crippen LogP contribution < -0.4 is 9.80 Å². The van der Waals surface area contributed by atoms with Gasteiger partial charge in [0.05, 0.1) is 22.7 Å². The fourth-order valence-electron chi connectivity index (χ4n) is 18.6. The van der Waals surface area contributed by atoms with Crippen LogP contribution in [0.5, 0.6) is 0 Å². The Hall–Kier alpha value is -12.8. The van der Waals surface area contributed by atoms with Crippen molar-refractivity contribution in [2.45, 2.75) is 24.7 Å². The van der Waals surface area contributed by atoms with E-state index in [2.05, 4.69) is 351 Å². The third-order valence-corrected chi connectivity index (χ3v) is 23.3. The summed E-state index contributed by atoms with van der Waals surface area (Å²) in [7, 11) is 0. The van der Waals surface area contributed by atoms with Gasteiger partial charge in [-0.2, -0.15) is 0 Å². The van der Waals surface area contributed by atoms with Crippen LogP contribution in [0.4, 0.5) is 34.1 Å². The highest BCUT2D eigenvalue weighted by Crippen LogP contribution is 2.69. The Morgan fingerprint density at radius 2 is 0.510 bits per heavy atom. The molecule has 2 aliphatic carbocycles. The first-order chi connectivity index (χ1) is 49.4. The van der Waals surface area contributed by atoms with Crippen LogP contribution in [0.1, 0.15) is 36.1 Å². The van der Waals surface area contributed by atoms with E-state index in [9.17, 15) is 0 Å². The topological polar surface area (TPSA) is 32.8 Å². The van der Waals surface area contributed by atoms with Gasteiger partial charge < -0.3 is 18.6 Å². The van der Waals surface area contributed by atoms with Gasteiger partial charge in [0.2, 0.25) is 0 Å². The Labute approximate surface area is 576 Å². The summed E-state index contributed by atoms with van der Waals surface area (Å²) >= 11 is 0. The van der Waals surface area contributed by atoms with Crippen molar-refractivity contribution < 1.29 is 8.83 Å². The Morgan fingerprint density at radius 1 is 0.210 bits per heavy atom. The molecule has 22 rings (SSSR count).